The number of hydrogen-bond acceptors (Lipinski definition) is 6. The molecular weight excluding hydrogens is 316 g/mol. The molecule has 1 aliphatic rings. The highest BCUT2D eigenvalue weighted by molar-refractivity contribution is 7.90. The summed E-state index contributed by atoms with van der Waals surface area (Å²) in [6.45, 7) is 0. The zero-order valence-corrected chi connectivity index (χ0v) is 12.4. The molecule has 0 radical (unpaired) electrons. The number of hydrogen-bond donors (Lipinski definition) is 1. The van der Waals surface area contributed by atoms with Crippen molar-refractivity contribution in [1.29, 1.82) is 0 Å². The van der Waals surface area contributed by atoms with Crippen LogP contribution < -0.4 is 0 Å². The Kier molecular flexibility index (Phi) is 3.22. The van der Waals surface area contributed by atoms with Gasteiger partial charge in [-0.25, -0.2) is 13.4 Å². The molecule has 0 atom stereocenters. The first-order chi connectivity index (χ1) is 9.62. The smallest absolute Gasteiger partial charge is 0.160 e. The van der Waals surface area contributed by atoms with E-state index >= 15 is 0 Å². The molecule has 0 fully saturated rings. The topological polar surface area (TPSA) is 102 Å². The summed E-state index contributed by atoms with van der Waals surface area (Å²) in [5, 5.41) is 3.82. The monoisotopic (exact) mass is 326 g/mol. The van der Waals surface area contributed by atoms with Gasteiger partial charge in [0.1, 0.15) is 12.0 Å². The largest absolute Gasteiger partial charge is 0.364 e. The Morgan fingerprint density at radius 1 is 1.33 bits per heavy atom. The summed E-state index contributed by atoms with van der Waals surface area (Å²) in [5.74, 6) is 0.696. The van der Waals surface area contributed by atoms with Crippen LogP contribution >= 0.6 is 12.4 Å². The number of aryl methyl sites for hydroxylation is 1. The van der Waals surface area contributed by atoms with Crippen molar-refractivity contribution >= 4 is 33.3 Å². The number of fused-ring (bicyclic) bond motifs is 3. The van der Waals surface area contributed by atoms with Crippen LogP contribution in [0.1, 0.15) is 11.3 Å². The van der Waals surface area contributed by atoms with Gasteiger partial charge in [0.15, 0.2) is 15.7 Å². The van der Waals surface area contributed by atoms with Crippen LogP contribution in [0.25, 0.3) is 22.6 Å². The minimum Gasteiger partial charge on any atom is -0.364 e. The average molecular weight is 327 g/mol. The lowest BCUT2D eigenvalue weighted by Gasteiger charge is -2.14. The van der Waals surface area contributed by atoms with Crippen molar-refractivity contribution in [3.63, 3.8) is 0 Å². The van der Waals surface area contributed by atoms with E-state index in [9.17, 15) is 8.42 Å². The third kappa shape index (κ3) is 2.30. The number of halogens is 1. The predicted octanol–water partition coefficient (Wildman–Crippen LogP) is 1.51. The molecule has 1 aliphatic heterocycles. The van der Waals surface area contributed by atoms with Gasteiger partial charge in [-0.15, -0.1) is 12.4 Å². The number of rotatable bonds is 1. The first-order valence-corrected chi connectivity index (χ1v) is 7.92. The van der Waals surface area contributed by atoms with Crippen LogP contribution in [0.5, 0.6) is 0 Å². The molecule has 0 unspecified atom stereocenters. The standard InChI is InChI=1S/C12H10N4O3S.ClH/c17-20(18)4-2-8-7(6-20)11-10(5-13-8)14-12(15-11)9-1-3-19-16-9;/h1,3,5H,2,4,6H2,(H,14,15);1H. The maximum Gasteiger partial charge on any atom is 0.160 e. The summed E-state index contributed by atoms with van der Waals surface area (Å²) in [6.07, 6.45) is 3.59. The van der Waals surface area contributed by atoms with Crippen molar-refractivity contribution in [2.75, 3.05) is 5.75 Å². The Balaban J connectivity index is 0.00000132. The van der Waals surface area contributed by atoms with Crippen LogP contribution in [0.3, 0.4) is 0 Å². The predicted molar refractivity (Wildman–Crippen MR) is 77.8 cm³/mol. The number of pyridine rings is 1. The lowest BCUT2D eigenvalue weighted by molar-refractivity contribution is 0.422. The highest BCUT2D eigenvalue weighted by Crippen LogP contribution is 2.27. The molecule has 0 spiro atoms. The van der Waals surface area contributed by atoms with Gasteiger partial charge in [-0.2, -0.15) is 0 Å². The molecule has 0 bridgehead atoms. The molecule has 7 nitrogen and oxygen atoms in total. The van der Waals surface area contributed by atoms with Gasteiger partial charge in [-0.1, -0.05) is 5.16 Å². The van der Waals surface area contributed by atoms with Gasteiger partial charge in [0.2, 0.25) is 0 Å². The molecule has 0 amide bonds. The van der Waals surface area contributed by atoms with Gasteiger partial charge < -0.3 is 9.51 Å². The van der Waals surface area contributed by atoms with E-state index in [-0.39, 0.29) is 23.9 Å². The minimum absolute atomic E-state index is 0. The number of H-pyrrole nitrogens is 1. The summed E-state index contributed by atoms with van der Waals surface area (Å²) >= 11 is 0. The number of nitrogens with one attached hydrogen (secondary N) is 1. The van der Waals surface area contributed by atoms with Crippen molar-refractivity contribution in [2.45, 2.75) is 12.2 Å². The number of aromatic nitrogens is 4. The van der Waals surface area contributed by atoms with E-state index in [1.165, 1.54) is 6.26 Å². The summed E-state index contributed by atoms with van der Waals surface area (Å²) < 4.78 is 28.4. The maximum absolute atomic E-state index is 11.8. The van der Waals surface area contributed by atoms with Crippen LogP contribution in [-0.4, -0.2) is 34.3 Å². The number of imidazole rings is 1. The molecular formula is C12H11ClN4O3S. The molecule has 3 aromatic rings. The van der Waals surface area contributed by atoms with E-state index in [4.69, 9.17) is 4.52 Å². The fourth-order valence-electron chi connectivity index (χ4n) is 2.43. The molecule has 0 aromatic carbocycles. The summed E-state index contributed by atoms with van der Waals surface area (Å²) in [7, 11) is -3.06. The van der Waals surface area contributed by atoms with Crippen molar-refractivity contribution in [3.8, 4) is 11.5 Å². The number of nitrogens with zero attached hydrogens (tertiary/aromatic N) is 3. The molecule has 9 heteroatoms. The first-order valence-electron chi connectivity index (χ1n) is 6.10. The summed E-state index contributed by atoms with van der Waals surface area (Å²) in [4.78, 5) is 11.9. The van der Waals surface area contributed by atoms with Crippen molar-refractivity contribution < 1.29 is 12.9 Å². The van der Waals surface area contributed by atoms with Gasteiger partial charge in [0.05, 0.1) is 28.7 Å². The van der Waals surface area contributed by atoms with Crippen LogP contribution in [-0.2, 0) is 22.0 Å². The Morgan fingerprint density at radius 3 is 2.95 bits per heavy atom. The minimum atomic E-state index is -3.06. The first kappa shape index (κ1) is 14.0. The van der Waals surface area contributed by atoms with Crippen LogP contribution in [0.4, 0.5) is 0 Å². The van der Waals surface area contributed by atoms with E-state index < -0.39 is 9.84 Å². The van der Waals surface area contributed by atoms with E-state index in [0.29, 0.717) is 34.5 Å². The third-order valence-electron chi connectivity index (χ3n) is 3.41. The molecule has 110 valence electrons. The fourth-order valence-corrected chi connectivity index (χ4v) is 3.83. The zero-order chi connectivity index (χ0) is 13.7. The lowest BCUT2D eigenvalue weighted by Crippen LogP contribution is -2.20. The highest BCUT2D eigenvalue weighted by Gasteiger charge is 2.25. The lowest BCUT2D eigenvalue weighted by atomic mass is 10.1. The van der Waals surface area contributed by atoms with E-state index in [0.717, 1.165) is 5.69 Å². The van der Waals surface area contributed by atoms with Gasteiger partial charge in [0.25, 0.3) is 0 Å². The second-order valence-corrected chi connectivity index (χ2v) is 6.94. The molecule has 4 heterocycles. The van der Waals surface area contributed by atoms with Crippen LogP contribution in [0.15, 0.2) is 23.0 Å². The van der Waals surface area contributed by atoms with Crippen molar-refractivity contribution in [3.05, 3.63) is 29.8 Å². The molecule has 0 aliphatic carbocycles. The molecule has 0 saturated heterocycles. The Labute approximate surface area is 126 Å². The SMILES string of the molecule is Cl.O=S1(=O)CCc2ncc3[nH]c(-c4ccon4)nc3c2C1. The molecule has 21 heavy (non-hydrogen) atoms. The van der Waals surface area contributed by atoms with Gasteiger partial charge in [-0.3, -0.25) is 4.98 Å². The van der Waals surface area contributed by atoms with Gasteiger partial charge in [0, 0.05) is 23.7 Å². The Morgan fingerprint density at radius 2 is 2.19 bits per heavy atom. The average Bonchev–Trinajstić information content (AvgIpc) is 3.06. The zero-order valence-electron chi connectivity index (χ0n) is 10.7. The normalized spacial score (nSPS) is 16.4. The number of aromatic amines is 1. The molecule has 3 aromatic heterocycles. The van der Waals surface area contributed by atoms with Crippen molar-refractivity contribution in [2.24, 2.45) is 0 Å². The van der Waals surface area contributed by atoms with E-state index in [1.807, 2.05) is 0 Å². The quantitative estimate of drug-likeness (QED) is 0.727. The highest BCUT2D eigenvalue weighted by atomic mass is 35.5. The molecule has 1 N–H and O–H groups in total. The van der Waals surface area contributed by atoms with Crippen LogP contribution in [0.2, 0.25) is 0 Å². The third-order valence-corrected chi connectivity index (χ3v) is 4.96. The summed E-state index contributed by atoms with van der Waals surface area (Å²) in [6, 6.07) is 1.69. The fraction of sp³-hybridized carbons (Fsp3) is 0.250. The van der Waals surface area contributed by atoms with Crippen molar-refractivity contribution in [1.82, 2.24) is 20.1 Å². The van der Waals surface area contributed by atoms with Gasteiger partial charge in [-0.05, 0) is 0 Å². The molecule has 4 rings (SSSR count). The van der Waals surface area contributed by atoms with E-state index in [2.05, 4.69) is 20.1 Å². The van der Waals surface area contributed by atoms with Crippen LogP contribution in [0, 0.1) is 0 Å². The van der Waals surface area contributed by atoms with Gasteiger partial charge >= 0.3 is 0 Å². The maximum atomic E-state index is 11.8. The number of sulfone groups is 1. The Bertz CT molecular complexity index is 902. The Hall–Kier alpha value is -1.93. The molecule has 0 saturated carbocycles. The van der Waals surface area contributed by atoms with E-state index in [1.54, 1.807) is 12.3 Å². The second-order valence-electron chi connectivity index (χ2n) is 4.76. The second kappa shape index (κ2) is 4.81. The summed E-state index contributed by atoms with van der Waals surface area (Å²) in [5.41, 5.74) is 3.44.